The Bertz CT molecular complexity index is 572. The van der Waals surface area contributed by atoms with E-state index in [1.54, 1.807) is 18.3 Å². The first-order valence-electron chi connectivity index (χ1n) is 6.74. The maximum Gasteiger partial charge on any atom is 0.320 e. The van der Waals surface area contributed by atoms with E-state index >= 15 is 0 Å². The highest BCUT2D eigenvalue weighted by molar-refractivity contribution is 7.15. The number of rotatable bonds is 4. The summed E-state index contributed by atoms with van der Waals surface area (Å²) in [5.74, 6) is -0.743. The van der Waals surface area contributed by atoms with Crippen molar-refractivity contribution in [3.05, 3.63) is 23.5 Å². The first-order chi connectivity index (χ1) is 9.63. The van der Waals surface area contributed by atoms with Crippen molar-refractivity contribution in [3.8, 4) is 0 Å². The second kappa shape index (κ2) is 5.51. The highest BCUT2D eigenvalue weighted by atomic mass is 32.1. The molecule has 108 valence electrons. The number of carboxylic acid groups (broad SMARTS) is 1. The molecule has 1 atom stereocenters. The van der Waals surface area contributed by atoms with E-state index in [0.29, 0.717) is 0 Å². The minimum atomic E-state index is -0.743. The Hall–Kier alpha value is -1.44. The van der Waals surface area contributed by atoms with Gasteiger partial charge in [-0.1, -0.05) is 0 Å². The SMILES string of the molecule is CC(C(=O)O)N1CCN(Cc2cn3ccsc3n2)CC1. The molecule has 1 fully saturated rings. The van der Waals surface area contributed by atoms with Crippen LogP contribution in [0, 0.1) is 0 Å². The van der Waals surface area contributed by atoms with Gasteiger partial charge in [-0.3, -0.25) is 19.0 Å². The van der Waals surface area contributed by atoms with E-state index in [0.717, 1.165) is 43.4 Å². The molecule has 1 aliphatic rings. The molecule has 1 aliphatic heterocycles. The maximum absolute atomic E-state index is 11.0. The van der Waals surface area contributed by atoms with E-state index < -0.39 is 12.0 Å². The van der Waals surface area contributed by atoms with Crippen molar-refractivity contribution >= 4 is 22.3 Å². The van der Waals surface area contributed by atoms with Gasteiger partial charge < -0.3 is 5.11 Å². The molecule has 0 aromatic carbocycles. The van der Waals surface area contributed by atoms with Gasteiger partial charge in [0.15, 0.2) is 4.96 Å². The molecule has 3 rings (SSSR count). The van der Waals surface area contributed by atoms with E-state index in [4.69, 9.17) is 5.11 Å². The van der Waals surface area contributed by atoms with Crippen LogP contribution < -0.4 is 0 Å². The van der Waals surface area contributed by atoms with Crippen LogP contribution >= 0.6 is 11.3 Å². The van der Waals surface area contributed by atoms with Crippen LogP contribution in [0.1, 0.15) is 12.6 Å². The van der Waals surface area contributed by atoms with Crippen LogP contribution in [0.4, 0.5) is 0 Å². The fourth-order valence-electron chi connectivity index (χ4n) is 2.55. The molecule has 3 heterocycles. The van der Waals surface area contributed by atoms with Gasteiger partial charge in [0.1, 0.15) is 6.04 Å². The number of piperazine rings is 1. The summed E-state index contributed by atoms with van der Waals surface area (Å²) in [6.07, 6.45) is 4.08. The van der Waals surface area contributed by atoms with E-state index in [1.807, 2.05) is 20.9 Å². The van der Waals surface area contributed by atoms with Crippen LogP contribution in [-0.4, -0.2) is 62.5 Å². The van der Waals surface area contributed by atoms with Gasteiger partial charge in [-0.25, -0.2) is 4.98 Å². The maximum atomic E-state index is 11.0. The molecule has 0 saturated carbocycles. The zero-order valence-electron chi connectivity index (χ0n) is 11.4. The normalized spacial score (nSPS) is 19.4. The summed E-state index contributed by atoms with van der Waals surface area (Å²) in [4.78, 5) is 20.9. The van der Waals surface area contributed by atoms with Crippen molar-refractivity contribution in [1.82, 2.24) is 19.2 Å². The Morgan fingerprint density at radius 2 is 2.20 bits per heavy atom. The molecule has 6 nitrogen and oxygen atoms in total. The van der Waals surface area contributed by atoms with Crippen molar-refractivity contribution in [1.29, 1.82) is 0 Å². The second-order valence-electron chi connectivity index (χ2n) is 5.15. The van der Waals surface area contributed by atoms with Gasteiger partial charge in [0.25, 0.3) is 0 Å². The molecule has 0 spiro atoms. The number of nitrogens with zero attached hydrogens (tertiary/aromatic N) is 4. The number of carbonyl (C=O) groups is 1. The van der Waals surface area contributed by atoms with E-state index in [2.05, 4.69) is 16.1 Å². The molecule has 1 saturated heterocycles. The van der Waals surface area contributed by atoms with Crippen molar-refractivity contribution in [2.75, 3.05) is 26.2 Å². The topological polar surface area (TPSA) is 61.1 Å². The number of hydrogen-bond donors (Lipinski definition) is 1. The zero-order chi connectivity index (χ0) is 14.1. The van der Waals surface area contributed by atoms with Gasteiger partial charge in [0.05, 0.1) is 5.69 Å². The number of aliphatic carboxylic acids is 1. The number of fused-ring (bicyclic) bond motifs is 1. The molecule has 0 amide bonds. The highest BCUT2D eigenvalue weighted by Gasteiger charge is 2.25. The number of imidazole rings is 1. The molecule has 0 bridgehead atoms. The van der Waals surface area contributed by atoms with Crippen LogP contribution in [0.5, 0.6) is 0 Å². The number of aromatic nitrogens is 2. The van der Waals surface area contributed by atoms with E-state index in [1.165, 1.54) is 0 Å². The largest absolute Gasteiger partial charge is 0.480 e. The van der Waals surface area contributed by atoms with Gasteiger partial charge in [-0.15, -0.1) is 11.3 Å². The molecule has 2 aromatic heterocycles. The third kappa shape index (κ3) is 2.70. The van der Waals surface area contributed by atoms with Gasteiger partial charge in [0.2, 0.25) is 0 Å². The van der Waals surface area contributed by atoms with Crippen LogP contribution in [0.15, 0.2) is 17.8 Å². The van der Waals surface area contributed by atoms with Crippen LogP contribution in [0.3, 0.4) is 0 Å². The summed E-state index contributed by atoms with van der Waals surface area (Å²) < 4.78 is 2.04. The quantitative estimate of drug-likeness (QED) is 0.911. The Balaban J connectivity index is 1.56. The molecule has 1 N–H and O–H groups in total. The molecular formula is C13H18N4O2S. The Labute approximate surface area is 121 Å². The Morgan fingerprint density at radius 1 is 1.45 bits per heavy atom. The summed E-state index contributed by atoms with van der Waals surface area (Å²) >= 11 is 1.64. The first-order valence-corrected chi connectivity index (χ1v) is 7.62. The molecule has 7 heteroatoms. The smallest absolute Gasteiger partial charge is 0.320 e. The monoisotopic (exact) mass is 294 g/mol. The summed E-state index contributed by atoms with van der Waals surface area (Å²) in [6.45, 7) is 5.97. The zero-order valence-corrected chi connectivity index (χ0v) is 12.2. The number of carboxylic acids is 1. The van der Waals surface area contributed by atoms with E-state index in [9.17, 15) is 4.79 Å². The summed E-state index contributed by atoms with van der Waals surface area (Å²) in [5.41, 5.74) is 1.08. The van der Waals surface area contributed by atoms with Crippen molar-refractivity contribution in [2.45, 2.75) is 19.5 Å². The van der Waals surface area contributed by atoms with Crippen molar-refractivity contribution in [3.63, 3.8) is 0 Å². The molecular weight excluding hydrogens is 276 g/mol. The standard InChI is InChI=1S/C13H18N4O2S/c1-10(12(18)19)16-4-2-15(3-5-16)8-11-9-17-6-7-20-13(17)14-11/h6-7,9-10H,2-5,8H2,1H3,(H,18,19). The number of hydrogen-bond acceptors (Lipinski definition) is 5. The van der Waals surface area contributed by atoms with Crippen molar-refractivity contribution in [2.24, 2.45) is 0 Å². The summed E-state index contributed by atoms with van der Waals surface area (Å²) in [7, 11) is 0. The summed E-state index contributed by atoms with van der Waals surface area (Å²) in [6, 6.07) is -0.393. The van der Waals surface area contributed by atoms with Crippen LogP contribution in [0.2, 0.25) is 0 Å². The molecule has 1 unspecified atom stereocenters. The van der Waals surface area contributed by atoms with Crippen LogP contribution in [0.25, 0.3) is 4.96 Å². The number of thiazole rings is 1. The lowest BCUT2D eigenvalue weighted by Crippen LogP contribution is -2.51. The van der Waals surface area contributed by atoms with Gasteiger partial charge in [-0.05, 0) is 6.92 Å². The molecule has 0 aliphatic carbocycles. The average Bonchev–Trinajstić information content (AvgIpc) is 2.99. The Morgan fingerprint density at radius 3 is 2.85 bits per heavy atom. The van der Waals surface area contributed by atoms with Gasteiger partial charge >= 0.3 is 5.97 Å². The minimum absolute atomic E-state index is 0.393. The highest BCUT2D eigenvalue weighted by Crippen LogP contribution is 2.14. The fraction of sp³-hybridized carbons (Fsp3) is 0.538. The molecule has 0 radical (unpaired) electrons. The van der Waals surface area contributed by atoms with E-state index in [-0.39, 0.29) is 0 Å². The second-order valence-corrected chi connectivity index (χ2v) is 6.02. The fourth-order valence-corrected chi connectivity index (χ4v) is 3.27. The van der Waals surface area contributed by atoms with Gasteiger partial charge in [0, 0.05) is 50.5 Å². The third-order valence-corrected chi connectivity index (χ3v) is 4.61. The predicted molar refractivity (Wildman–Crippen MR) is 77.0 cm³/mol. The molecule has 20 heavy (non-hydrogen) atoms. The van der Waals surface area contributed by atoms with Crippen LogP contribution in [-0.2, 0) is 11.3 Å². The lowest BCUT2D eigenvalue weighted by Gasteiger charge is -2.36. The summed E-state index contributed by atoms with van der Waals surface area (Å²) in [5, 5.41) is 11.1. The first kappa shape index (κ1) is 13.5. The minimum Gasteiger partial charge on any atom is -0.480 e. The lowest BCUT2D eigenvalue weighted by atomic mass is 10.2. The Kier molecular flexibility index (Phi) is 3.73. The van der Waals surface area contributed by atoms with Gasteiger partial charge in [-0.2, -0.15) is 0 Å². The third-order valence-electron chi connectivity index (χ3n) is 3.84. The molecule has 2 aromatic rings. The lowest BCUT2D eigenvalue weighted by molar-refractivity contribution is -0.143. The predicted octanol–water partition coefficient (Wildman–Crippen LogP) is 0.986. The van der Waals surface area contributed by atoms with Crippen molar-refractivity contribution < 1.29 is 9.90 Å². The average molecular weight is 294 g/mol.